The van der Waals surface area contributed by atoms with Gasteiger partial charge in [-0.3, -0.25) is 0 Å². The topological polar surface area (TPSA) is 86.2 Å². The maximum atomic E-state index is 9.46. The maximum Gasteiger partial charge on any atom is 0.0994 e. The second-order valence-electron chi connectivity index (χ2n) is 3.49. The number of aliphatic hydroxyl groups excluding tert-OH is 1. The van der Waals surface area contributed by atoms with Crippen molar-refractivity contribution >= 4 is 0 Å². The number of nitrogens with zero attached hydrogens (tertiary/aromatic N) is 3. The van der Waals surface area contributed by atoms with Gasteiger partial charge >= 0.3 is 0 Å². The van der Waals surface area contributed by atoms with Gasteiger partial charge in [-0.05, 0) is 6.42 Å². The second-order valence-corrected chi connectivity index (χ2v) is 3.49. The average Bonchev–Trinajstić information content (AvgIpc) is 2.65. The summed E-state index contributed by atoms with van der Waals surface area (Å²) < 4.78 is 6.39. The van der Waals surface area contributed by atoms with Crippen LogP contribution in [0.15, 0.2) is 6.20 Å². The van der Waals surface area contributed by atoms with Gasteiger partial charge in [0.05, 0.1) is 37.2 Å². The van der Waals surface area contributed by atoms with Crippen LogP contribution in [0.3, 0.4) is 0 Å². The molecule has 0 aliphatic heterocycles. The quantitative estimate of drug-likeness (QED) is 0.678. The summed E-state index contributed by atoms with van der Waals surface area (Å²) in [6, 6.07) is -0.0849. The van der Waals surface area contributed by atoms with Crippen LogP contribution in [0.1, 0.15) is 25.1 Å². The molecule has 3 N–H and O–H groups in total. The Morgan fingerprint density at radius 2 is 2.40 bits per heavy atom. The van der Waals surface area contributed by atoms with Crippen LogP contribution >= 0.6 is 0 Å². The molecule has 1 aromatic rings. The number of aliphatic hydroxyl groups is 1. The van der Waals surface area contributed by atoms with E-state index in [4.69, 9.17) is 10.5 Å². The number of hydrogen-bond donors (Lipinski definition) is 2. The van der Waals surface area contributed by atoms with Gasteiger partial charge in [0.1, 0.15) is 0 Å². The number of nitrogens with two attached hydrogens (primary N) is 1. The van der Waals surface area contributed by atoms with Gasteiger partial charge in [-0.25, -0.2) is 4.68 Å². The third kappa shape index (κ3) is 3.58. The number of rotatable bonds is 6. The molecule has 0 amide bonds. The van der Waals surface area contributed by atoms with Crippen molar-refractivity contribution in [1.29, 1.82) is 0 Å². The van der Waals surface area contributed by atoms with E-state index in [1.54, 1.807) is 18.0 Å². The van der Waals surface area contributed by atoms with E-state index in [0.29, 0.717) is 6.54 Å². The molecule has 0 aromatic carbocycles. The lowest BCUT2D eigenvalue weighted by Gasteiger charge is -2.08. The van der Waals surface area contributed by atoms with Crippen LogP contribution in [0.5, 0.6) is 0 Å². The molecule has 86 valence electrons. The summed E-state index contributed by atoms with van der Waals surface area (Å²) in [6.45, 7) is 2.65. The highest BCUT2D eigenvalue weighted by Crippen LogP contribution is 2.09. The van der Waals surface area contributed by atoms with E-state index in [1.165, 1.54) is 0 Å². The lowest BCUT2D eigenvalue weighted by molar-refractivity contribution is 0.0510. The molecular formula is C9H18N4O2. The first-order chi connectivity index (χ1) is 7.17. The van der Waals surface area contributed by atoms with E-state index >= 15 is 0 Å². The zero-order valence-corrected chi connectivity index (χ0v) is 9.13. The van der Waals surface area contributed by atoms with Gasteiger partial charge in [0.15, 0.2) is 0 Å². The zero-order chi connectivity index (χ0) is 11.3. The van der Waals surface area contributed by atoms with Gasteiger partial charge in [0.2, 0.25) is 0 Å². The third-order valence-electron chi connectivity index (χ3n) is 2.13. The molecule has 0 saturated heterocycles. The molecule has 0 fully saturated rings. The summed E-state index contributed by atoms with van der Waals surface area (Å²) in [5.41, 5.74) is 6.55. The molecule has 0 bridgehead atoms. The molecule has 2 unspecified atom stereocenters. The lowest BCUT2D eigenvalue weighted by atomic mass is 10.2. The monoisotopic (exact) mass is 214 g/mol. The second kappa shape index (κ2) is 5.79. The number of methoxy groups -OCH3 is 1. The van der Waals surface area contributed by atoms with Gasteiger partial charge in [-0.15, -0.1) is 5.10 Å². The van der Waals surface area contributed by atoms with E-state index in [1.807, 2.05) is 6.92 Å². The average molecular weight is 214 g/mol. The van der Waals surface area contributed by atoms with Gasteiger partial charge in [0, 0.05) is 7.11 Å². The van der Waals surface area contributed by atoms with Crippen molar-refractivity contribution < 1.29 is 9.84 Å². The first-order valence-electron chi connectivity index (χ1n) is 5.00. The Labute approximate surface area is 89.0 Å². The standard InChI is InChI=1S/C9H18N4O2/c1-3-8(10)9-5-13(12-11-9)4-7(14)6-15-2/h5,7-8,14H,3-4,6,10H2,1-2H3. The van der Waals surface area contributed by atoms with Gasteiger partial charge in [-0.1, -0.05) is 12.1 Å². The minimum Gasteiger partial charge on any atom is -0.389 e. The summed E-state index contributed by atoms with van der Waals surface area (Å²) in [5.74, 6) is 0. The molecule has 2 atom stereocenters. The summed E-state index contributed by atoms with van der Waals surface area (Å²) in [6.07, 6.45) is 2.01. The van der Waals surface area contributed by atoms with Crippen LogP contribution in [0.4, 0.5) is 0 Å². The van der Waals surface area contributed by atoms with Crippen molar-refractivity contribution in [3.05, 3.63) is 11.9 Å². The van der Waals surface area contributed by atoms with Crippen LogP contribution in [-0.4, -0.2) is 39.9 Å². The molecule has 0 aliphatic carbocycles. The van der Waals surface area contributed by atoms with Crippen LogP contribution in [-0.2, 0) is 11.3 Å². The first-order valence-corrected chi connectivity index (χ1v) is 5.00. The highest BCUT2D eigenvalue weighted by molar-refractivity contribution is 4.98. The van der Waals surface area contributed by atoms with Gasteiger partial charge in [-0.2, -0.15) is 0 Å². The fraction of sp³-hybridized carbons (Fsp3) is 0.778. The highest BCUT2D eigenvalue weighted by Gasteiger charge is 2.10. The smallest absolute Gasteiger partial charge is 0.0994 e. The van der Waals surface area contributed by atoms with Crippen molar-refractivity contribution in [3.8, 4) is 0 Å². The van der Waals surface area contributed by atoms with Gasteiger partial charge < -0.3 is 15.6 Å². The van der Waals surface area contributed by atoms with E-state index in [9.17, 15) is 5.11 Å². The summed E-state index contributed by atoms with van der Waals surface area (Å²) >= 11 is 0. The SMILES string of the molecule is CCC(N)c1cn(CC(O)COC)nn1. The molecule has 1 aromatic heterocycles. The van der Waals surface area contributed by atoms with E-state index in [0.717, 1.165) is 12.1 Å². The van der Waals surface area contributed by atoms with Gasteiger partial charge in [0.25, 0.3) is 0 Å². The molecule has 0 aliphatic rings. The molecule has 1 heterocycles. The van der Waals surface area contributed by atoms with E-state index in [2.05, 4.69) is 10.3 Å². The zero-order valence-electron chi connectivity index (χ0n) is 9.13. The Morgan fingerprint density at radius 1 is 1.67 bits per heavy atom. The largest absolute Gasteiger partial charge is 0.389 e. The Kier molecular flexibility index (Phi) is 4.67. The van der Waals surface area contributed by atoms with Crippen molar-refractivity contribution in [2.24, 2.45) is 5.73 Å². The predicted octanol–water partition coefficient (Wildman–Crippen LogP) is -0.305. The Bertz CT molecular complexity index is 289. The molecule has 0 saturated carbocycles. The fourth-order valence-corrected chi connectivity index (χ4v) is 1.24. The first kappa shape index (κ1) is 12.1. The minimum atomic E-state index is -0.567. The normalized spacial score (nSPS) is 15.2. The Hall–Kier alpha value is -0.980. The number of aromatic nitrogens is 3. The Balaban J connectivity index is 2.52. The molecule has 6 heteroatoms. The number of hydrogen-bond acceptors (Lipinski definition) is 5. The molecule has 15 heavy (non-hydrogen) atoms. The summed E-state index contributed by atoms with van der Waals surface area (Å²) in [5, 5.41) is 17.3. The fourth-order valence-electron chi connectivity index (χ4n) is 1.24. The molecule has 0 spiro atoms. The van der Waals surface area contributed by atoms with Crippen molar-refractivity contribution in [1.82, 2.24) is 15.0 Å². The van der Waals surface area contributed by atoms with E-state index in [-0.39, 0.29) is 12.6 Å². The summed E-state index contributed by atoms with van der Waals surface area (Å²) in [7, 11) is 1.54. The molecule has 0 radical (unpaired) electrons. The van der Waals surface area contributed by atoms with Crippen LogP contribution < -0.4 is 5.73 Å². The van der Waals surface area contributed by atoms with Crippen LogP contribution in [0.25, 0.3) is 0 Å². The van der Waals surface area contributed by atoms with Crippen molar-refractivity contribution in [2.75, 3.05) is 13.7 Å². The predicted molar refractivity (Wildman–Crippen MR) is 55.1 cm³/mol. The Morgan fingerprint density at radius 3 is 3.00 bits per heavy atom. The maximum absolute atomic E-state index is 9.46. The van der Waals surface area contributed by atoms with Crippen LogP contribution in [0.2, 0.25) is 0 Å². The molecule has 1 rings (SSSR count). The minimum absolute atomic E-state index is 0.0849. The third-order valence-corrected chi connectivity index (χ3v) is 2.13. The van der Waals surface area contributed by atoms with E-state index < -0.39 is 6.10 Å². The molecular weight excluding hydrogens is 196 g/mol. The van der Waals surface area contributed by atoms with Crippen molar-refractivity contribution in [3.63, 3.8) is 0 Å². The lowest BCUT2D eigenvalue weighted by Crippen LogP contribution is -2.21. The molecule has 6 nitrogen and oxygen atoms in total. The number of ether oxygens (including phenoxy) is 1. The summed E-state index contributed by atoms with van der Waals surface area (Å²) in [4.78, 5) is 0. The van der Waals surface area contributed by atoms with Crippen molar-refractivity contribution in [2.45, 2.75) is 32.0 Å². The van der Waals surface area contributed by atoms with Crippen LogP contribution in [0, 0.1) is 0 Å². The highest BCUT2D eigenvalue weighted by atomic mass is 16.5.